The summed E-state index contributed by atoms with van der Waals surface area (Å²) in [6, 6.07) is 16.8. The minimum atomic E-state index is -4.51. The van der Waals surface area contributed by atoms with E-state index in [1.54, 1.807) is 18.2 Å². The predicted molar refractivity (Wildman–Crippen MR) is 122 cm³/mol. The number of methoxy groups -OCH3 is 1. The Morgan fingerprint density at radius 3 is 2.49 bits per heavy atom. The highest BCUT2D eigenvalue weighted by molar-refractivity contribution is 7.92. The van der Waals surface area contributed by atoms with Crippen molar-refractivity contribution in [1.29, 1.82) is 0 Å². The van der Waals surface area contributed by atoms with Gasteiger partial charge in [-0.2, -0.15) is 13.2 Å². The number of ether oxygens (including phenoxy) is 2. The third kappa shape index (κ3) is 5.19. The first-order chi connectivity index (χ1) is 16.6. The lowest BCUT2D eigenvalue weighted by atomic mass is 10.1. The fourth-order valence-electron chi connectivity index (χ4n) is 3.60. The van der Waals surface area contributed by atoms with Crippen LogP contribution in [0.5, 0.6) is 11.5 Å². The van der Waals surface area contributed by atoms with Crippen LogP contribution in [0.15, 0.2) is 77.7 Å². The van der Waals surface area contributed by atoms with Gasteiger partial charge < -0.3 is 14.8 Å². The largest absolute Gasteiger partial charge is 0.497 e. The van der Waals surface area contributed by atoms with Crippen molar-refractivity contribution >= 4 is 21.6 Å². The van der Waals surface area contributed by atoms with E-state index in [1.807, 2.05) is 0 Å². The average Bonchev–Trinajstić information content (AvgIpc) is 2.86. The lowest BCUT2D eigenvalue weighted by molar-refractivity contribution is -0.137. The minimum Gasteiger partial charge on any atom is -0.497 e. The van der Waals surface area contributed by atoms with Crippen LogP contribution < -0.4 is 19.1 Å². The molecule has 3 aromatic carbocycles. The predicted octanol–water partition coefficient (Wildman–Crippen LogP) is 3.99. The van der Waals surface area contributed by atoms with Crippen molar-refractivity contribution in [3.8, 4) is 11.5 Å². The molecule has 1 heterocycles. The van der Waals surface area contributed by atoms with Gasteiger partial charge in [0, 0.05) is 6.54 Å². The number of halogens is 3. The van der Waals surface area contributed by atoms with E-state index in [0.717, 1.165) is 16.4 Å². The molecule has 0 aliphatic carbocycles. The smallest absolute Gasteiger partial charge is 0.416 e. The molecule has 0 aromatic heterocycles. The van der Waals surface area contributed by atoms with E-state index in [2.05, 4.69) is 5.32 Å². The molecule has 11 heteroatoms. The highest BCUT2D eigenvalue weighted by atomic mass is 32.2. The van der Waals surface area contributed by atoms with Gasteiger partial charge in [-0.05, 0) is 54.1 Å². The first kappa shape index (κ1) is 24.4. The summed E-state index contributed by atoms with van der Waals surface area (Å²) in [5.41, 5.74) is -0.318. The van der Waals surface area contributed by atoms with Gasteiger partial charge in [0.25, 0.3) is 15.9 Å². The van der Waals surface area contributed by atoms with Crippen molar-refractivity contribution < 1.29 is 35.9 Å². The maximum Gasteiger partial charge on any atom is 0.416 e. The maximum absolute atomic E-state index is 13.4. The zero-order chi connectivity index (χ0) is 25.2. The van der Waals surface area contributed by atoms with E-state index >= 15 is 0 Å². The molecule has 0 saturated carbocycles. The second-order valence-corrected chi connectivity index (χ2v) is 9.56. The number of benzene rings is 3. The molecule has 1 N–H and O–H groups in total. The summed E-state index contributed by atoms with van der Waals surface area (Å²) >= 11 is 0. The number of hydrogen-bond acceptors (Lipinski definition) is 5. The lowest BCUT2D eigenvalue weighted by Gasteiger charge is -2.34. The lowest BCUT2D eigenvalue weighted by Crippen LogP contribution is -2.50. The topological polar surface area (TPSA) is 84.9 Å². The van der Waals surface area contributed by atoms with Gasteiger partial charge in [0.2, 0.25) is 0 Å². The number of alkyl halides is 3. The zero-order valence-corrected chi connectivity index (χ0v) is 19.3. The highest BCUT2D eigenvalue weighted by Gasteiger charge is 2.37. The van der Waals surface area contributed by atoms with E-state index in [1.165, 1.54) is 49.6 Å². The quantitative estimate of drug-likeness (QED) is 0.547. The van der Waals surface area contributed by atoms with Crippen LogP contribution in [-0.4, -0.2) is 34.1 Å². The summed E-state index contributed by atoms with van der Waals surface area (Å²) in [5, 5.41) is 2.54. The number of fused-ring (bicyclic) bond motifs is 1. The molecule has 0 saturated heterocycles. The Morgan fingerprint density at radius 2 is 1.80 bits per heavy atom. The van der Waals surface area contributed by atoms with Crippen LogP contribution in [0.4, 0.5) is 18.9 Å². The van der Waals surface area contributed by atoms with Gasteiger partial charge in [-0.15, -0.1) is 0 Å². The Labute approximate surface area is 200 Å². The van der Waals surface area contributed by atoms with Crippen molar-refractivity contribution in [2.75, 3.05) is 18.0 Å². The molecule has 1 aliphatic rings. The Bertz CT molecular complexity index is 1330. The van der Waals surface area contributed by atoms with Crippen molar-refractivity contribution in [2.24, 2.45) is 0 Å². The average molecular weight is 507 g/mol. The summed E-state index contributed by atoms with van der Waals surface area (Å²) in [6.07, 6.45) is -5.73. The molecule has 1 aliphatic heterocycles. The molecular formula is C24H21F3N2O5S. The maximum atomic E-state index is 13.4. The van der Waals surface area contributed by atoms with Crippen LogP contribution in [0.1, 0.15) is 11.1 Å². The summed E-state index contributed by atoms with van der Waals surface area (Å²) in [5.74, 6) is 0.0140. The number of carbonyl (C=O) groups excluding carboxylic acids is 1. The number of amides is 1. The normalized spacial score (nSPS) is 15.7. The van der Waals surface area contributed by atoms with Gasteiger partial charge in [0.05, 0.1) is 29.8 Å². The van der Waals surface area contributed by atoms with E-state index in [-0.39, 0.29) is 35.0 Å². The third-order valence-corrected chi connectivity index (χ3v) is 7.19. The molecule has 7 nitrogen and oxygen atoms in total. The molecule has 0 fully saturated rings. The van der Waals surface area contributed by atoms with Crippen molar-refractivity contribution in [3.05, 3.63) is 83.9 Å². The van der Waals surface area contributed by atoms with E-state index < -0.39 is 33.8 Å². The Kier molecular flexibility index (Phi) is 6.62. The monoisotopic (exact) mass is 506 g/mol. The molecule has 1 unspecified atom stereocenters. The first-order valence-electron chi connectivity index (χ1n) is 10.5. The fraction of sp³-hybridized carbons (Fsp3) is 0.208. The van der Waals surface area contributed by atoms with Gasteiger partial charge >= 0.3 is 6.18 Å². The van der Waals surface area contributed by atoms with Crippen molar-refractivity contribution in [3.63, 3.8) is 0 Å². The second kappa shape index (κ2) is 9.49. The van der Waals surface area contributed by atoms with Crippen LogP contribution >= 0.6 is 0 Å². The van der Waals surface area contributed by atoms with Crippen LogP contribution in [0, 0.1) is 0 Å². The highest BCUT2D eigenvalue weighted by Crippen LogP contribution is 2.37. The minimum absolute atomic E-state index is 0.00173. The molecule has 1 amide bonds. The van der Waals surface area contributed by atoms with Gasteiger partial charge in [-0.3, -0.25) is 9.10 Å². The van der Waals surface area contributed by atoms with Gasteiger partial charge in [-0.1, -0.05) is 24.3 Å². The number of carbonyl (C=O) groups is 1. The van der Waals surface area contributed by atoms with Crippen LogP contribution in [0.3, 0.4) is 0 Å². The molecule has 0 spiro atoms. The SMILES string of the molecule is COc1ccc(S(=O)(=O)N2CC(C(=O)NCc3cccc(C(F)(F)F)c3)Oc3ccccc32)cc1. The standard InChI is InChI=1S/C24H21F3N2O5S/c1-33-18-9-11-19(12-10-18)35(31,32)29-15-22(34-21-8-3-2-7-20(21)29)23(30)28-14-16-5-4-6-17(13-16)24(25,26)27/h2-13,22H,14-15H2,1H3,(H,28,30). The van der Waals surface area contributed by atoms with Crippen LogP contribution in [0.25, 0.3) is 0 Å². The molecule has 0 radical (unpaired) electrons. The Morgan fingerprint density at radius 1 is 1.09 bits per heavy atom. The van der Waals surface area contributed by atoms with E-state index in [4.69, 9.17) is 9.47 Å². The third-order valence-electron chi connectivity index (χ3n) is 5.40. The summed E-state index contributed by atoms with van der Waals surface area (Å²) in [7, 11) is -2.60. The van der Waals surface area contributed by atoms with E-state index in [0.29, 0.717) is 5.75 Å². The Balaban J connectivity index is 1.56. The van der Waals surface area contributed by atoms with Gasteiger partial charge in [0.1, 0.15) is 11.5 Å². The summed E-state index contributed by atoms with van der Waals surface area (Å²) in [6.45, 7) is -0.505. The second-order valence-electron chi connectivity index (χ2n) is 7.70. The molecule has 3 aromatic rings. The van der Waals surface area contributed by atoms with Gasteiger partial charge in [0.15, 0.2) is 6.10 Å². The molecule has 35 heavy (non-hydrogen) atoms. The number of nitrogens with one attached hydrogen (secondary N) is 1. The van der Waals surface area contributed by atoms with Crippen molar-refractivity contribution in [2.45, 2.75) is 23.7 Å². The first-order valence-corrected chi connectivity index (χ1v) is 11.9. The Hall–Kier alpha value is -3.73. The number of hydrogen-bond donors (Lipinski definition) is 1. The summed E-state index contributed by atoms with van der Waals surface area (Å²) in [4.78, 5) is 12.9. The number of sulfonamides is 1. The number of nitrogens with zero attached hydrogens (tertiary/aromatic N) is 1. The van der Waals surface area contributed by atoms with Crippen molar-refractivity contribution in [1.82, 2.24) is 5.32 Å². The molecule has 0 bridgehead atoms. The number of rotatable bonds is 6. The molecular weight excluding hydrogens is 485 g/mol. The number of para-hydroxylation sites is 2. The zero-order valence-electron chi connectivity index (χ0n) is 18.5. The van der Waals surface area contributed by atoms with Crippen LogP contribution in [-0.2, 0) is 27.5 Å². The molecule has 4 rings (SSSR count). The van der Waals surface area contributed by atoms with E-state index in [9.17, 15) is 26.4 Å². The van der Waals surface area contributed by atoms with Gasteiger partial charge in [-0.25, -0.2) is 8.42 Å². The number of anilines is 1. The molecule has 1 atom stereocenters. The fourth-order valence-corrected chi connectivity index (χ4v) is 5.08. The summed E-state index contributed by atoms with van der Waals surface area (Å²) < 4.78 is 77.6. The molecule has 184 valence electrons. The van der Waals surface area contributed by atoms with Crippen LogP contribution in [0.2, 0.25) is 0 Å².